The van der Waals surface area contributed by atoms with Gasteiger partial charge in [0.1, 0.15) is 0 Å². The van der Waals surface area contributed by atoms with E-state index >= 15 is 0 Å². The molecule has 1 aliphatic carbocycles. The third-order valence-corrected chi connectivity index (χ3v) is 5.98. The summed E-state index contributed by atoms with van der Waals surface area (Å²) in [5, 5.41) is 0.791. The van der Waals surface area contributed by atoms with Crippen LogP contribution in [-0.4, -0.2) is 23.9 Å². The Morgan fingerprint density at radius 1 is 1.21 bits per heavy atom. The number of alkyl halides is 3. The summed E-state index contributed by atoms with van der Waals surface area (Å²) < 4.78 is 38.4. The van der Waals surface area contributed by atoms with Crippen LogP contribution >= 0.6 is 11.3 Å². The fourth-order valence-electron chi connectivity index (χ4n) is 3.41. The Labute approximate surface area is 141 Å². The van der Waals surface area contributed by atoms with Gasteiger partial charge in [-0.1, -0.05) is 23.5 Å². The van der Waals surface area contributed by atoms with Gasteiger partial charge in [0.05, 0.1) is 16.6 Å². The molecule has 2 heterocycles. The Hall–Kier alpha value is -1.89. The number of anilines is 1. The molecule has 0 amide bonds. The molecule has 0 unspecified atom stereocenters. The quantitative estimate of drug-likeness (QED) is 0.775. The van der Waals surface area contributed by atoms with Crippen LogP contribution in [0.5, 0.6) is 0 Å². The number of hydrogen-bond acceptors (Lipinski definition) is 4. The van der Waals surface area contributed by atoms with Crippen LogP contribution in [0.1, 0.15) is 33.6 Å². The average molecular weight is 352 g/mol. The number of fused-ring (bicyclic) bond motifs is 1. The molecule has 24 heavy (non-hydrogen) atoms. The smallest absolute Gasteiger partial charge is 0.348 e. The molecule has 2 aromatic rings. The number of ketones is 1. The molecule has 0 radical (unpaired) electrons. The maximum Gasteiger partial charge on any atom is 0.416 e. The van der Waals surface area contributed by atoms with Gasteiger partial charge < -0.3 is 4.90 Å². The first-order valence-electron chi connectivity index (χ1n) is 7.84. The predicted molar refractivity (Wildman–Crippen MR) is 85.4 cm³/mol. The molecule has 2 aliphatic rings. The van der Waals surface area contributed by atoms with E-state index in [0.717, 1.165) is 42.2 Å². The molecule has 1 aliphatic heterocycles. The molecule has 1 aromatic heterocycles. The van der Waals surface area contributed by atoms with Gasteiger partial charge in [-0.15, -0.1) is 0 Å². The van der Waals surface area contributed by atoms with Gasteiger partial charge in [-0.05, 0) is 36.8 Å². The maximum atomic E-state index is 12.8. The van der Waals surface area contributed by atoms with E-state index in [-0.39, 0.29) is 5.56 Å². The Kier molecular flexibility index (Phi) is 3.63. The van der Waals surface area contributed by atoms with E-state index < -0.39 is 17.5 Å². The number of thiazole rings is 1. The molecule has 2 fully saturated rings. The third-order valence-electron chi connectivity index (χ3n) is 4.92. The van der Waals surface area contributed by atoms with Crippen molar-refractivity contribution in [2.75, 3.05) is 18.0 Å². The molecule has 7 heteroatoms. The molecule has 1 aromatic carbocycles. The Morgan fingerprint density at radius 3 is 2.54 bits per heavy atom. The van der Waals surface area contributed by atoms with Crippen LogP contribution in [0.3, 0.4) is 0 Å². The SMILES string of the molecule is O=C(c1cccc(C(F)(F)F)c1)c1cnc(N2C[C@H]3CC[C@H]3C2)s1. The minimum absolute atomic E-state index is 0.0431. The van der Waals surface area contributed by atoms with Crippen LogP contribution < -0.4 is 4.90 Å². The highest BCUT2D eigenvalue weighted by Crippen LogP contribution is 2.42. The van der Waals surface area contributed by atoms with Gasteiger partial charge in [0.15, 0.2) is 5.13 Å². The normalized spacial score (nSPS) is 23.0. The Morgan fingerprint density at radius 2 is 1.92 bits per heavy atom. The highest BCUT2D eigenvalue weighted by molar-refractivity contribution is 7.17. The van der Waals surface area contributed by atoms with Crippen molar-refractivity contribution in [1.82, 2.24) is 4.98 Å². The van der Waals surface area contributed by atoms with Crippen molar-refractivity contribution in [2.45, 2.75) is 19.0 Å². The summed E-state index contributed by atoms with van der Waals surface area (Å²) in [6, 6.07) is 4.54. The second kappa shape index (κ2) is 5.58. The molecule has 0 bridgehead atoms. The molecule has 0 spiro atoms. The Balaban J connectivity index is 1.55. The van der Waals surface area contributed by atoms with Crippen molar-refractivity contribution in [3.63, 3.8) is 0 Å². The van der Waals surface area contributed by atoms with E-state index in [1.807, 2.05) is 0 Å². The summed E-state index contributed by atoms with van der Waals surface area (Å²) in [6.45, 7) is 1.94. The fourth-order valence-corrected chi connectivity index (χ4v) is 4.31. The van der Waals surface area contributed by atoms with E-state index in [4.69, 9.17) is 0 Å². The van der Waals surface area contributed by atoms with Crippen molar-refractivity contribution in [2.24, 2.45) is 11.8 Å². The molecule has 2 atom stereocenters. The van der Waals surface area contributed by atoms with Crippen molar-refractivity contribution in [1.29, 1.82) is 0 Å². The van der Waals surface area contributed by atoms with Gasteiger partial charge in [-0.25, -0.2) is 4.98 Å². The van der Waals surface area contributed by atoms with E-state index in [2.05, 4.69) is 9.88 Å². The van der Waals surface area contributed by atoms with Crippen molar-refractivity contribution in [3.8, 4) is 0 Å². The van der Waals surface area contributed by atoms with Gasteiger partial charge >= 0.3 is 6.18 Å². The fraction of sp³-hybridized carbons (Fsp3) is 0.412. The maximum absolute atomic E-state index is 12.8. The molecular formula is C17H15F3N2OS. The van der Waals surface area contributed by atoms with Crippen LogP contribution in [0, 0.1) is 11.8 Å². The van der Waals surface area contributed by atoms with Crippen LogP contribution in [0.15, 0.2) is 30.5 Å². The summed E-state index contributed by atoms with van der Waals surface area (Å²) in [7, 11) is 0. The highest BCUT2D eigenvalue weighted by atomic mass is 32.1. The van der Waals surface area contributed by atoms with E-state index in [1.54, 1.807) is 0 Å². The van der Waals surface area contributed by atoms with Gasteiger partial charge in [0.2, 0.25) is 5.78 Å². The number of benzene rings is 1. The minimum Gasteiger partial charge on any atom is -0.348 e. The zero-order valence-electron chi connectivity index (χ0n) is 12.7. The highest BCUT2D eigenvalue weighted by Gasteiger charge is 2.40. The monoisotopic (exact) mass is 352 g/mol. The summed E-state index contributed by atoms with van der Waals surface area (Å²) in [4.78, 5) is 19.4. The van der Waals surface area contributed by atoms with E-state index in [9.17, 15) is 18.0 Å². The first-order chi connectivity index (χ1) is 11.4. The lowest BCUT2D eigenvalue weighted by Gasteiger charge is -2.27. The van der Waals surface area contributed by atoms with E-state index in [0.29, 0.717) is 4.88 Å². The number of hydrogen-bond donors (Lipinski definition) is 0. The van der Waals surface area contributed by atoms with Crippen LogP contribution in [-0.2, 0) is 6.18 Å². The second-order valence-corrected chi connectivity index (χ2v) is 7.43. The van der Waals surface area contributed by atoms with Gasteiger partial charge in [0.25, 0.3) is 0 Å². The summed E-state index contributed by atoms with van der Waals surface area (Å²) in [5.41, 5.74) is -0.768. The topological polar surface area (TPSA) is 33.2 Å². The molecule has 126 valence electrons. The van der Waals surface area contributed by atoms with Gasteiger partial charge in [0, 0.05) is 18.7 Å². The average Bonchev–Trinajstić information content (AvgIpc) is 3.12. The lowest BCUT2D eigenvalue weighted by atomic mass is 9.77. The lowest BCUT2D eigenvalue weighted by Crippen LogP contribution is -2.22. The molecule has 0 N–H and O–H groups in total. The standard InChI is InChI=1S/C17H15F3N2OS/c18-17(19,20)13-3-1-2-10(6-13)15(23)14-7-21-16(24-14)22-8-11-4-5-12(11)9-22/h1-3,6-7,11-12H,4-5,8-9H2/t11-,12+. The van der Waals surface area contributed by atoms with Crippen LogP contribution in [0.2, 0.25) is 0 Å². The first kappa shape index (κ1) is 15.6. The predicted octanol–water partition coefficient (Wildman–Crippen LogP) is 4.24. The summed E-state index contributed by atoms with van der Waals surface area (Å²) in [5.74, 6) is 1.06. The summed E-state index contributed by atoms with van der Waals surface area (Å²) >= 11 is 1.26. The number of carbonyl (C=O) groups is 1. The number of carbonyl (C=O) groups excluding carboxylic acids is 1. The molecule has 1 saturated carbocycles. The summed E-state index contributed by atoms with van der Waals surface area (Å²) in [6.07, 6.45) is -0.474. The van der Waals surface area contributed by atoms with Crippen LogP contribution in [0.25, 0.3) is 0 Å². The largest absolute Gasteiger partial charge is 0.416 e. The second-order valence-electron chi connectivity index (χ2n) is 6.42. The third kappa shape index (κ3) is 2.70. The molecule has 4 rings (SSSR count). The number of rotatable bonds is 3. The molecular weight excluding hydrogens is 337 g/mol. The van der Waals surface area contributed by atoms with Gasteiger partial charge in [-0.3, -0.25) is 4.79 Å². The van der Waals surface area contributed by atoms with Crippen LogP contribution in [0.4, 0.5) is 18.3 Å². The number of nitrogens with zero attached hydrogens (tertiary/aromatic N) is 2. The lowest BCUT2D eigenvalue weighted by molar-refractivity contribution is -0.137. The van der Waals surface area contributed by atoms with Crippen molar-refractivity contribution in [3.05, 3.63) is 46.5 Å². The molecule has 3 nitrogen and oxygen atoms in total. The number of halogens is 3. The minimum atomic E-state index is -4.45. The van der Waals surface area contributed by atoms with Crippen molar-refractivity contribution < 1.29 is 18.0 Å². The first-order valence-corrected chi connectivity index (χ1v) is 8.66. The molecule has 1 saturated heterocycles. The van der Waals surface area contributed by atoms with E-state index in [1.165, 1.54) is 42.5 Å². The van der Waals surface area contributed by atoms with Gasteiger partial charge in [-0.2, -0.15) is 13.2 Å². The van der Waals surface area contributed by atoms with Crippen molar-refractivity contribution >= 4 is 22.3 Å². The zero-order chi connectivity index (χ0) is 16.9. The Bertz CT molecular complexity index is 774. The number of aromatic nitrogens is 1. The zero-order valence-corrected chi connectivity index (χ0v) is 13.5.